The molecule has 12 heteroatoms. The lowest BCUT2D eigenvalue weighted by molar-refractivity contribution is -0.138. The molecule has 2 aromatic heterocycles. The normalized spacial score (nSPS) is 27.0. The lowest BCUT2D eigenvalue weighted by Gasteiger charge is -2.16. The van der Waals surface area contributed by atoms with Crippen LogP contribution in [0.25, 0.3) is 11.2 Å². The molecule has 0 spiro atoms. The first-order chi connectivity index (χ1) is 12.4. The Morgan fingerprint density at radius 3 is 2.85 bits per heavy atom. The molecule has 1 saturated heterocycles. The minimum Gasteiger partial charge on any atom is -0.480 e. The minimum atomic E-state index is -1.17. The van der Waals surface area contributed by atoms with Gasteiger partial charge in [0.15, 0.2) is 17.7 Å². The second kappa shape index (κ2) is 7.72. The number of carbonyl (C=O) groups is 1. The number of rotatable bonds is 7. The second-order valence-corrected chi connectivity index (χ2v) is 7.09. The summed E-state index contributed by atoms with van der Waals surface area (Å²) in [6.07, 6.45) is -0.747. The van der Waals surface area contributed by atoms with Crippen LogP contribution in [0.5, 0.6) is 0 Å². The van der Waals surface area contributed by atoms with E-state index in [9.17, 15) is 15.0 Å². The van der Waals surface area contributed by atoms with Gasteiger partial charge >= 0.3 is 5.97 Å². The van der Waals surface area contributed by atoms with Gasteiger partial charge in [-0.05, 0) is 12.2 Å². The van der Waals surface area contributed by atoms with Crippen LogP contribution in [0.4, 0.5) is 5.82 Å². The van der Waals surface area contributed by atoms with Crippen molar-refractivity contribution in [1.29, 1.82) is 0 Å². The van der Waals surface area contributed by atoms with E-state index in [0.29, 0.717) is 29.1 Å². The molecule has 3 heterocycles. The van der Waals surface area contributed by atoms with Crippen LogP contribution in [0.3, 0.4) is 0 Å². The molecule has 5 atom stereocenters. The van der Waals surface area contributed by atoms with Crippen molar-refractivity contribution in [1.82, 2.24) is 19.5 Å². The van der Waals surface area contributed by atoms with Gasteiger partial charge < -0.3 is 31.5 Å². The summed E-state index contributed by atoms with van der Waals surface area (Å²) in [5, 5.41) is 29.3. The van der Waals surface area contributed by atoms with Crippen LogP contribution in [-0.4, -0.2) is 76.7 Å². The Labute approximate surface area is 152 Å². The number of nitrogens with zero attached hydrogens (tertiary/aromatic N) is 4. The third-order valence-electron chi connectivity index (χ3n) is 4.17. The molecule has 0 amide bonds. The van der Waals surface area contributed by atoms with Crippen molar-refractivity contribution in [2.75, 3.05) is 17.2 Å². The number of hydrogen-bond donors (Lipinski definition) is 5. The fraction of sp³-hybridized carbons (Fsp3) is 0.571. The van der Waals surface area contributed by atoms with Gasteiger partial charge in [0.05, 0.1) is 12.4 Å². The fourth-order valence-electron chi connectivity index (χ4n) is 2.69. The van der Waals surface area contributed by atoms with Crippen LogP contribution in [0, 0.1) is 0 Å². The molecule has 142 valence electrons. The molecule has 1 aliphatic rings. The van der Waals surface area contributed by atoms with Gasteiger partial charge in [0.2, 0.25) is 0 Å². The van der Waals surface area contributed by atoms with Crippen LogP contribution >= 0.6 is 11.8 Å². The van der Waals surface area contributed by atoms with Crippen molar-refractivity contribution in [2.45, 2.75) is 37.0 Å². The maximum Gasteiger partial charge on any atom is 0.320 e. The largest absolute Gasteiger partial charge is 0.480 e. The number of anilines is 1. The quantitative estimate of drug-likeness (QED) is 0.352. The van der Waals surface area contributed by atoms with E-state index in [4.69, 9.17) is 21.3 Å². The molecular weight excluding hydrogens is 364 g/mol. The van der Waals surface area contributed by atoms with Crippen LogP contribution in [-0.2, 0) is 9.53 Å². The molecule has 0 saturated carbocycles. The molecular formula is C14H20N6O5S. The summed E-state index contributed by atoms with van der Waals surface area (Å²) in [6, 6.07) is -0.919. The number of carboxylic acid groups (broad SMARTS) is 1. The summed E-state index contributed by atoms with van der Waals surface area (Å²) in [5.41, 5.74) is 12.0. The van der Waals surface area contributed by atoms with Gasteiger partial charge in [0.25, 0.3) is 0 Å². The van der Waals surface area contributed by atoms with Crippen molar-refractivity contribution in [2.24, 2.45) is 5.73 Å². The van der Waals surface area contributed by atoms with E-state index < -0.39 is 36.6 Å². The Kier molecular flexibility index (Phi) is 5.58. The smallest absolute Gasteiger partial charge is 0.320 e. The van der Waals surface area contributed by atoms with Crippen molar-refractivity contribution in [3.05, 3.63) is 12.7 Å². The van der Waals surface area contributed by atoms with Gasteiger partial charge in [0.1, 0.15) is 30.1 Å². The number of imidazole rings is 1. The summed E-state index contributed by atoms with van der Waals surface area (Å²) in [5.74, 6) is 0.0405. The maximum absolute atomic E-state index is 10.7. The highest BCUT2D eigenvalue weighted by atomic mass is 32.2. The molecule has 26 heavy (non-hydrogen) atoms. The Bertz CT molecular complexity index is 788. The summed E-state index contributed by atoms with van der Waals surface area (Å²) < 4.78 is 7.29. The third kappa shape index (κ3) is 3.59. The summed E-state index contributed by atoms with van der Waals surface area (Å²) >= 11 is 1.40. The Hall–Kier alpha value is -1.99. The van der Waals surface area contributed by atoms with Gasteiger partial charge in [-0.1, -0.05) is 0 Å². The van der Waals surface area contributed by atoms with Gasteiger partial charge in [0, 0.05) is 5.75 Å². The SMILES string of the molecule is Nc1ncnc2c1ncn2[C@@H]1O[C@H](CSCCC(N)C(=O)O)[C@@H](O)[C@@H]1O. The first-order valence-corrected chi connectivity index (χ1v) is 9.06. The summed E-state index contributed by atoms with van der Waals surface area (Å²) in [7, 11) is 0. The Morgan fingerprint density at radius 2 is 2.12 bits per heavy atom. The molecule has 2 aromatic rings. The van der Waals surface area contributed by atoms with Gasteiger partial charge in [-0.25, -0.2) is 15.0 Å². The number of fused-ring (bicyclic) bond motifs is 1. The predicted octanol–water partition coefficient (Wildman–Crippen LogP) is -1.44. The van der Waals surface area contributed by atoms with Crippen LogP contribution < -0.4 is 11.5 Å². The maximum atomic E-state index is 10.7. The molecule has 0 bridgehead atoms. The summed E-state index contributed by atoms with van der Waals surface area (Å²) in [6.45, 7) is 0. The number of hydrogen-bond acceptors (Lipinski definition) is 10. The molecule has 11 nitrogen and oxygen atoms in total. The standard InChI is InChI=1S/C14H20N6O5S/c15-6(14(23)24)1-2-26-3-7-9(21)10(22)13(25-7)20-5-19-8-11(16)17-4-18-12(8)20/h4-7,9-10,13,21-22H,1-3,15H2,(H,23,24)(H2,16,17,18)/t6?,7-,9-,10+,13-/m1/s1. The summed E-state index contributed by atoms with van der Waals surface area (Å²) in [4.78, 5) is 22.8. The number of nitrogen functional groups attached to an aromatic ring is 1. The number of thioether (sulfide) groups is 1. The average molecular weight is 384 g/mol. The van der Waals surface area contributed by atoms with Crippen LogP contribution in [0.2, 0.25) is 0 Å². The second-order valence-electron chi connectivity index (χ2n) is 5.94. The van der Waals surface area contributed by atoms with Crippen molar-refractivity contribution >= 4 is 34.7 Å². The van der Waals surface area contributed by atoms with Gasteiger partial charge in [-0.3, -0.25) is 9.36 Å². The number of aliphatic hydroxyl groups is 2. The van der Waals surface area contributed by atoms with E-state index in [-0.39, 0.29) is 5.82 Å². The molecule has 1 unspecified atom stereocenters. The highest BCUT2D eigenvalue weighted by molar-refractivity contribution is 7.99. The highest BCUT2D eigenvalue weighted by Crippen LogP contribution is 2.33. The molecule has 1 aliphatic heterocycles. The van der Waals surface area contributed by atoms with E-state index in [2.05, 4.69) is 15.0 Å². The first-order valence-electron chi connectivity index (χ1n) is 7.91. The fourth-order valence-corrected chi connectivity index (χ4v) is 3.78. The van der Waals surface area contributed by atoms with E-state index in [1.165, 1.54) is 29.0 Å². The number of nitrogens with two attached hydrogens (primary N) is 2. The monoisotopic (exact) mass is 384 g/mol. The zero-order chi connectivity index (χ0) is 18.8. The molecule has 0 aromatic carbocycles. The Morgan fingerprint density at radius 1 is 1.35 bits per heavy atom. The van der Waals surface area contributed by atoms with E-state index >= 15 is 0 Å². The molecule has 3 rings (SSSR count). The highest BCUT2D eigenvalue weighted by Gasteiger charge is 2.44. The van der Waals surface area contributed by atoms with E-state index in [1.807, 2.05) is 0 Å². The zero-order valence-electron chi connectivity index (χ0n) is 13.7. The topological polar surface area (TPSA) is 183 Å². The molecule has 0 radical (unpaired) electrons. The number of aromatic nitrogens is 4. The van der Waals surface area contributed by atoms with Crippen LogP contribution in [0.1, 0.15) is 12.6 Å². The average Bonchev–Trinajstić information content (AvgIpc) is 3.15. The van der Waals surface area contributed by atoms with Crippen molar-refractivity contribution < 1.29 is 24.9 Å². The van der Waals surface area contributed by atoms with E-state index in [0.717, 1.165) is 0 Å². The number of aliphatic hydroxyl groups excluding tert-OH is 2. The van der Waals surface area contributed by atoms with E-state index in [1.54, 1.807) is 0 Å². The van der Waals surface area contributed by atoms with Crippen LogP contribution in [0.15, 0.2) is 12.7 Å². The zero-order valence-corrected chi connectivity index (χ0v) is 14.5. The predicted molar refractivity (Wildman–Crippen MR) is 93.2 cm³/mol. The number of aliphatic carboxylic acids is 1. The number of ether oxygens (including phenoxy) is 1. The number of carboxylic acids is 1. The molecule has 0 aliphatic carbocycles. The van der Waals surface area contributed by atoms with Crippen molar-refractivity contribution in [3.8, 4) is 0 Å². The first kappa shape index (κ1) is 18.8. The van der Waals surface area contributed by atoms with Gasteiger partial charge in [-0.2, -0.15) is 11.8 Å². The van der Waals surface area contributed by atoms with Crippen molar-refractivity contribution in [3.63, 3.8) is 0 Å². The third-order valence-corrected chi connectivity index (χ3v) is 5.26. The lowest BCUT2D eigenvalue weighted by Crippen LogP contribution is -2.33. The molecule has 7 N–H and O–H groups in total. The Balaban J connectivity index is 1.64. The lowest BCUT2D eigenvalue weighted by atomic mass is 10.1. The minimum absolute atomic E-state index is 0.212. The molecule has 1 fully saturated rings. The van der Waals surface area contributed by atoms with Gasteiger partial charge in [-0.15, -0.1) is 0 Å².